The summed E-state index contributed by atoms with van der Waals surface area (Å²) < 4.78 is 16.5. The van der Waals surface area contributed by atoms with Gasteiger partial charge in [-0.3, -0.25) is 9.59 Å². The number of benzene rings is 2. The summed E-state index contributed by atoms with van der Waals surface area (Å²) in [6, 6.07) is 17.1. The van der Waals surface area contributed by atoms with E-state index < -0.39 is 0 Å². The molecule has 0 bridgehead atoms. The molecule has 0 saturated carbocycles. The van der Waals surface area contributed by atoms with Crippen molar-refractivity contribution >= 4 is 11.8 Å². The Bertz CT molecular complexity index is 827. The van der Waals surface area contributed by atoms with Gasteiger partial charge in [-0.2, -0.15) is 0 Å². The molecule has 0 spiro atoms. The lowest BCUT2D eigenvalue weighted by Crippen LogP contribution is -2.42. The van der Waals surface area contributed by atoms with Crippen LogP contribution in [0.4, 0.5) is 0 Å². The molecule has 1 aliphatic heterocycles. The molecule has 1 saturated heterocycles. The highest BCUT2D eigenvalue weighted by molar-refractivity contribution is 5.78. The summed E-state index contributed by atoms with van der Waals surface area (Å²) in [5.41, 5.74) is 1.08. The van der Waals surface area contributed by atoms with Crippen LogP contribution in [0.15, 0.2) is 54.6 Å². The van der Waals surface area contributed by atoms with Crippen molar-refractivity contribution in [1.29, 1.82) is 0 Å². The number of carbonyl (C=O) groups is 2. The molecule has 1 aliphatic rings. The molecule has 2 aromatic rings. The first-order valence-electron chi connectivity index (χ1n) is 10.1. The number of ether oxygens (including phenoxy) is 3. The highest BCUT2D eigenvalue weighted by Gasteiger charge is 2.24. The van der Waals surface area contributed by atoms with E-state index in [2.05, 4.69) is 5.32 Å². The van der Waals surface area contributed by atoms with Crippen molar-refractivity contribution in [2.45, 2.75) is 18.9 Å². The smallest absolute Gasteiger partial charge is 0.257 e. The minimum Gasteiger partial charge on any atom is -0.493 e. The van der Waals surface area contributed by atoms with Gasteiger partial charge in [-0.15, -0.1) is 0 Å². The van der Waals surface area contributed by atoms with Crippen LogP contribution < -0.4 is 14.8 Å². The van der Waals surface area contributed by atoms with Crippen LogP contribution >= 0.6 is 0 Å². The predicted molar refractivity (Wildman–Crippen MR) is 112 cm³/mol. The zero-order valence-electron chi connectivity index (χ0n) is 17.2. The van der Waals surface area contributed by atoms with Gasteiger partial charge in [0, 0.05) is 19.5 Å². The Morgan fingerprint density at radius 3 is 2.60 bits per heavy atom. The highest BCUT2D eigenvalue weighted by atomic mass is 16.5. The number of hydrogen-bond acceptors (Lipinski definition) is 5. The summed E-state index contributed by atoms with van der Waals surface area (Å²) >= 11 is 0. The molecule has 1 N–H and O–H groups in total. The van der Waals surface area contributed by atoms with Crippen LogP contribution in [-0.2, 0) is 14.3 Å². The molecule has 0 aliphatic carbocycles. The van der Waals surface area contributed by atoms with E-state index in [1.807, 2.05) is 47.4 Å². The number of methoxy groups -OCH3 is 1. The lowest BCUT2D eigenvalue weighted by atomic mass is 10.1. The third kappa shape index (κ3) is 6.22. The van der Waals surface area contributed by atoms with E-state index >= 15 is 0 Å². The van der Waals surface area contributed by atoms with E-state index in [4.69, 9.17) is 14.2 Å². The second-order valence-corrected chi connectivity index (χ2v) is 7.00. The molecule has 7 nitrogen and oxygen atoms in total. The third-order valence-corrected chi connectivity index (χ3v) is 4.91. The highest BCUT2D eigenvalue weighted by Crippen LogP contribution is 2.25. The van der Waals surface area contributed by atoms with Crippen molar-refractivity contribution in [3.8, 4) is 11.5 Å². The number of nitrogens with one attached hydrogen (secondary N) is 1. The van der Waals surface area contributed by atoms with Crippen LogP contribution in [0.2, 0.25) is 0 Å². The van der Waals surface area contributed by atoms with E-state index in [-0.39, 0.29) is 24.5 Å². The van der Waals surface area contributed by atoms with Gasteiger partial charge in [0.2, 0.25) is 5.91 Å². The fourth-order valence-corrected chi connectivity index (χ4v) is 3.30. The molecule has 0 radical (unpaired) electrons. The average Bonchev–Trinajstić information content (AvgIpc) is 2.81. The van der Waals surface area contributed by atoms with E-state index in [0.717, 1.165) is 5.56 Å². The maximum Gasteiger partial charge on any atom is 0.257 e. The number of nitrogens with zero attached hydrogens (tertiary/aromatic N) is 1. The number of amides is 2. The van der Waals surface area contributed by atoms with Gasteiger partial charge in [0.15, 0.2) is 18.1 Å². The number of rotatable bonds is 9. The second-order valence-electron chi connectivity index (χ2n) is 7.00. The quantitative estimate of drug-likeness (QED) is 0.641. The fraction of sp³-hybridized carbons (Fsp3) is 0.391. The maximum atomic E-state index is 12.5. The van der Waals surface area contributed by atoms with E-state index in [1.54, 1.807) is 19.2 Å². The second kappa shape index (κ2) is 11.2. The first-order valence-corrected chi connectivity index (χ1v) is 10.1. The molecule has 1 fully saturated rings. The van der Waals surface area contributed by atoms with Crippen LogP contribution in [0.1, 0.15) is 24.5 Å². The predicted octanol–water partition coefficient (Wildman–Crippen LogP) is 2.57. The topological polar surface area (TPSA) is 77.1 Å². The van der Waals surface area contributed by atoms with Crippen LogP contribution in [0.25, 0.3) is 0 Å². The molecule has 2 aromatic carbocycles. The minimum atomic E-state index is -0.233. The summed E-state index contributed by atoms with van der Waals surface area (Å²) in [5, 5.41) is 2.78. The van der Waals surface area contributed by atoms with Crippen molar-refractivity contribution in [2.75, 3.05) is 40.0 Å². The Balaban J connectivity index is 1.34. The van der Waals surface area contributed by atoms with Crippen molar-refractivity contribution in [2.24, 2.45) is 0 Å². The van der Waals surface area contributed by atoms with Crippen molar-refractivity contribution in [3.63, 3.8) is 0 Å². The average molecular weight is 412 g/mol. The summed E-state index contributed by atoms with van der Waals surface area (Å²) in [4.78, 5) is 26.3. The Morgan fingerprint density at radius 1 is 1.10 bits per heavy atom. The summed E-state index contributed by atoms with van der Waals surface area (Å²) in [5.74, 6) is 0.948. The number of carbonyl (C=O) groups excluding carboxylic acids is 2. The number of morpholine rings is 1. The molecule has 7 heteroatoms. The monoisotopic (exact) mass is 412 g/mol. The van der Waals surface area contributed by atoms with Crippen LogP contribution in [0.5, 0.6) is 11.5 Å². The van der Waals surface area contributed by atoms with Crippen molar-refractivity contribution in [3.05, 3.63) is 60.2 Å². The molecule has 160 valence electrons. The van der Waals surface area contributed by atoms with Gasteiger partial charge in [-0.25, -0.2) is 0 Å². The minimum absolute atomic E-state index is 0.0822. The van der Waals surface area contributed by atoms with E-state index in [9.17, 15) is 9.59 Å². The molecule has 30 heavy (non-hydrogen) atoms. The fourth-order valence-electron chi connectivity index (χ4n) is 3.30. The SMILES string of the molecule is COc1ccccc1OCC(=O)NCCCC(=O)N1CCOC(c2ccccc2)C1. The number of hydrogen-bond donors (Lipinski definition) is 1. The molecule has 1 atom stereocenters. The van der Waals surface area contributed by atoms with Gasteiger partial charge in [0.25, 0.3) is 5.91 Å². The number of para-hydroxylation sites is 2. The Kier molecular flexibility index (Phi) is 8.09. The molecular weight excluding hydrogens is 384 g/mol. The molecule has 0 aromatic heterocycles. The normalized spacial score (nSPS) is 16.0. The summed E-state index contributed by atoms with van der Waals surface area (Å²) in [7, 11) is 1.55. The summed E-state index contributed by atoms with van der Waals surface area (Å²) in [6.07, 6.45) is 0.873. The molecule has 1 heterocycles. The van der Waals surface area contributed by atoms with Crippen molar-refractivity contribution < 1.29 is 23.8 Å². The Morgan fingerprint density at radius 2 is 1.83 bits per heavy atom. The van der Waals surface area contributed by atoms with Gasteiger partial charge in [-0.05, 0) is 24.1 Å². The van der Waals surface area contributed by atoms with E-state index in [0.29, 0.717) is 50.6 Å². The molecule has 2 amide bonds. The standard InChI is InChI=1S/C23H28N2O5/c1-28-19-10-5-6-11-20(19)30-17-22(26)24-13-7-12-23(27)25-14-15-29-21(16-25)18-8-3-2-4-9-18/h2-6,8-11,21H,7,12-17H2,1H3,(H,24,26). The first-order chi connectivity index (χ1) is 14.7. The lowest BCUT2D eigenvalue weighted by Gasteiger charge is -2.33. The van der Waals surface area contributed by atoms with Crippen LogP contribution in [0, 0.1) is 0 Å². The Labute approximate surface area is 176 Å². The zero-order chi connectivity index (χ0) is 21.2. The van der Waals surface area contributed by atoms with E-state index in [1.165, 1.54) is 0 Å². The van der Waals surface area contributed by atoms with Crippen LogP contribution in [0.3, 0.4) is 0 Å². The molecular formula is C23H28N2O5. The van der Waals surface area contributed by atoms with Crippen LogP contribution in [-0.4, -0.2) is 56.7 Å². The molecule has 3 rings (SSSR count). The third-order valence-electron chi connectivity index (χ3n) is 4.91. The molecule has 1 unspecified atom stereocenters. The largest absolute Gasteiger partial charge is 0.493 e. The maximum absolute atomic E-state index is 12.5. The van der Waals surface area contributed by atoms with Gasteiger partial charge >= 0.3 is 0 Å². The Hall–Kier alpha value is -3.06. The van der Waals surface area contributed by atoms with Gasteiger partial charge in [0.05, 0.1) is 20.3 Å². The zero-order valence-corrected chi connectivity index (χ0v) is 17.2. The van der Waals surface area contributed by atoms with Gasteiger partial charge < -0.3 is 24.4 Å². The lowest BCUT2D eigenvalue weighted by molar-refractivity contribution is -0.139. The van der Waals surface area contributed by atoms with Crippen molar-refractivity contribution in [1.82, 2.24) is 10.2 Å². The van der Waals surface area contributed by atoms with Gasteiger partial charge in [0.1, 0.15) is 6.10 Å². The van der Waals surface area contributed by atoms with Gasteiger partial charge in [-0.1, -0.05) is 42.5 Å². The summed E-state index contributed by atoms with van der Waals surface area (Å²) in [6.45, 7) is 2.01. The first kappa shape index (κ1) is 21.6.